The molecule has 1 aliphatic carbocycles. The molecular weight excluding hydrogens is 685 g/mol. The Morgan fingerprint density at radius 2 is 1.42 bits per heavy atom. The summed E-state index contributed by atoms with van der Waals surface area (Å²) in [5.41, 5.74) is 2.68. The van der Waals surface area contributed by atoms with E-state index in [-0.39, 0.29) is 42.1 Å². The molecule has 1 heterocycles. The monoisotopic (exact) mass is 699 g/mol. The van der Waals surface area contributed by atoms with Crippen molar-refractivity contribution in [3.8, 4) is 11.5 Å². The number of hydrogen-bond acceptors (Lipinski definition) is 8. The zero-order valence-corrected chi connectivity index (χ0v) is 24.8. The average molecular weight is 702 g/mol. The Labute approximate surface area is 235 Å². The fourth-order valence-electron chi connectivity index (χ4n) is 3.72. The minimum absolute atomic E-state index is 0.0424. The number of methoxy groups -OCH3 is 2. The Bertz CT molecular complexity index is 1460. The van der Waals surface area contributed by atoms with E-state index in [1.165, 1.54) is 38.5 Å². The number of nitrogens with zero attached hydrogens (tertiary/aromatic N) is 2. The summed E-state index contributed by atoms with van der Waals surface area (Å²) in [5.74, 6) is -0.426. The lowest BCUT2D eigenvalue weighted by atomic mass is 9.97. The number of ether oxygens (including phenoxy) is 2. The van der Waals surface area contributed by atoms with E-state index in [1.807, 2.05) is 0 Å². The SMILES string of the molecule is COc1c(Br)cc(Cl)cc1S(=O)(=O)N(C1=C[C@H]2NN=C[C@H]2C=C1)S(=O)(=O)c1cc(Cl)cc(Br)c1OC. The van der Waals surface area contributed by atoms with Gasteiger partial charge in [0.05, 0.1) is 34.9 Å². The zero-order valence-electron chi connectivity index (χ0n) is 18.4. The summed E-state index contributed by atoms with van der Waals surface area (Å²) in [6.07, 6.45) is 6.14. The van der Waals surface area contributed by atoms with Gasteiger partial charge in [0.25, 0.3) is 20.0 Å². The van der Waals surface area contributed by atoms with Gasteiger partial charge in [0.2, 0.25) is 0 Å². The smallest absolute Gasteiger partial charge is 0.281 e. The van der Waals surface area contributed by atoms with Crippen LogP contribution >= 0.6 is 55.1 Å². The van der Waals surface area contributed by atoms with E-state index in [1.54, 1.807) is 12.3 Å². The van der Waals surface area contributed by atoms with Crippen LogP contribution in [0.5, 0.6) is 11.5 Å². The molecule has 0 amide bonds. The maximum Gasteiger partial charge on any atom is 0.281 e. The van der Waals surface area contributed by atoms with E-state index in [2.05, 4.69) is 42.4 Å². The second-order valence-corrected chi connectivity index (χ2v) is 13.8. The van der Waals surface area contributed by atoms with Gasteiger partial charge in [-0.15, -0.1) is 0 Å². The summed E-state index contributed by atoms with van der Waals surface area (Å²) in [5, 5.41) is 4.07. The van der Waals surface area contributed by atoms with E-state index in [0.29, 0.717) is 3.71 Å². The topological polar surface area (TPSA) is 114 Å². The molecule has 0 bridgehead atoms. The summed E-state index contributed by atoms with van der Waals surface area (Å²) < 4.78 is 68.0. The van der Waals surface area contributed by atoms with Crippen LogP contribution < -0.4 is 14.9 Å². The van der Waals surface area contributed by atoms with Crippen LogP contribution in [0.4, 0.5) is 0 Å². The fraction of sp³-hybridized carbons (Fsp3) is 0.190. The molecule has 0 spiro atoms. The first-order valence-electron chi connectivity index (χ1n) is 9.97. The van der Waals surface area contributed by atoms with Gasteiger partial charge in [0, 0.05) is 22.2 Å². The quantitative estimate of drug-likeness (QED) is 0.435. The number of halogens is 4. The van der Waals surface area contributed by atoms with Crippen LogP contribution in [0.15, 0.2) is 72.0 Å². The second kappa shape index (κ2) is 10.2. The van der Waals surface area contributed by atoms with Crippen molar-refractivity contribution in [2.24, 2.45) is 11.0 Å². The molecule has 4 rings (SSSR count). The molecule has 36 heavy (non-hydrogen) atoms. The van der Waals surface area contributed by atoms with Gasteiger partial charge < -0.3 is 14.9 Å². The molecule has 0 fully saturated rings. The predicted octanol–water partition coefficient (Wildman–Crippen LogP) is 4.94. The van der Waals surface area contributed by atoms with Gasteiger partial charge in [0.15, 0.2) is 11.5 Å². The highest BCUT2D eigenvalue weighted by molar-refractivity contribution is 9.11. The molecule has 0 saturated heterocycles. The molecule has 0 radical (unpaired) electrons. The first kappa shape index (κ1) is 27.3. The first-order chi connectivity index (χ1) is 16.9. The lowest BCUT2D eigenvalue weighted by Gasteiger charge is -2.29. The summed E-state index contributed by atoms with van der Waals surface area (Å²) in [7, 11) is -7.23. The Hall–Kier alpha value is -1.77. The van der Waals surface area contributed by atoms with Gasteiger partial charge >= 0.3 is 0 Å². The summed E-state index contributed by atoms with van der Waals surface area (Å²) in [6, 6.07) is 4.62. The van der Waals surface area contributed by atoms with Crippen molar-refractivity contribution < 1.29 is 26.3 Å². The van der Waals surface area contributed by atoms with E-state index in [9.17, 15) is 16.8 Å². The van der Waals surface area contributed by atoms with Gasteiger partial charge in [-0.1, -0.05) is 29.3 Å². The lowest BCUT2D eigenvalue weighted by molar-refractivity contribution is 0.397. The lowest BCUT2D eigenvalue weighted by Crippen LogP contribution is -2.39. The fourth-order valence-corrected chi connectivity index (χ4v) is 10.1. The Kier molecular flexibility index (Phi) is 7.71. The molecule has 2 aliphatic rings. The second-order valence-electron chi connectivity index (χ2n) is 7.51. The number of fused-ring (bicyclic) bond motifs is 1. The summed E-state index contributed by atoms with van der Waals surface area (Å²) in [6.45, 7) is 0. The van der Waals surface area contributed by atoms with Gasteiger partial charge in [-0.05, 0) is 68.3 Å². The Balaban J connectivity index is 2.03. The highest BCUT2D eigenvalue weighted by Gasteiger charge is 2.43. The minimum Gasteiger partial charge on any atom is -0.494 e. The number of allylic oxidation sites excluding steroid dienone is 1. The maximum atomic E-state index is 14.2. The van der Waals surface area contributed by atoms with Crippen LogP contribution in [-0.2, 0) is 20.0 Å². The van der Waals surface area contributed by atoms with Crippen molar-refractivity contribution in [1.82, 2.24) is 9.14 Å². The van der Waals surface area contributed by atoms with E-state index in [0.717, 1.165) is 12.1 Å². The number of hydrazone groups is 1. The summed E-state index contributed by atoms with van der Waals surface area (Å²) in [4.78, 5) is -0.944. The molecule has 2 aromatic carbocycles. The highest BCUT2D eigenvalue weighted by atomic mass is 79.9. The molecule has 192 valence electrons. The third-order valence-corrected chi connectivity index (χ3v) is 11.1. The van der Waals surface area contributed by atoms with Crippen molar-refractivity contribution >= 4 is 81.3 Å². The zero-order chi connectivity index (χ0) is 26.4. The number of hydrogen-bond donors (Lipinski definition) is 1. The number of rotatable bonds is 7. The average Bonchev–Trinajstić information content (AvgIpc) is 3.26. The van der Waals surface area contributed by atoms with Gasteiger partial charge in [-0.25, -0.2) is 0 Å². The van der Waals surface area contributed by atoms with Crippen molar-refractivity contribution in [3.05, 3.63) is 67.2 Å². The molecule has 2 atom stereocenters. The van der Waals surface area contributed by atoms with Crippen molar-refractivity contribution in [1.29, 1.82) is 0 Å². The van der Waals surface area contributed by atoms with Crippen molar-refractivity contribution in [3.63, 3.8) is 0 Å². The standard InChI is InChI=1S/C21H17Br2Cl2N3O6S2/c1-33-20-15(22)5-12(24)7-18(20)35(29,30)28(14-4-3-11-10-26-27-17(11)9-14)36(31,32)19-8-13(25)6-16(23)21(19)34-2/h3-11,17,27H,1-2H3/t11-,17-/m1/s1. The molecule has 0 aromatic heterocycles. The highest BCUT2D eigenvalue weighted by Crippen LogP contribution is 2.43. The normalized spacial score (nSPS) is 18.9. The molecule has 0 unspecified atom stereocenters. The largest absolute Gasteiger partial charge is 0.494 e. The molecular formula is C21H17Br2Cl2N3O6S2. The van der Waals surface area contributed by atoms with Gasteiger partial charge in [-0.2, -0.15) is 25.6 Å². The molecule has 9 nitrogen and oxygen atoms in total. The number of sulfonamides is 2. The van der Waals surface area contributed by atoms with Crippen molar-refractivity contribution in [2.45, 2.75) is 15.8 Å². The number of nitrogens with one attached hydrogen (secondary N) is 1. The maximum absolute atomic E-state index is 14.2. The van der Waals surface area contributed by atoms with Crippen LogP contribution in [0, 0.1) is 5.92 Å². The third kappa shape index (κ3) is 4.76. The van der Waals surface area contributed by atoms with Crippen LogP contribution in [0.1, 0.15) is 0 Å². The molecule has 15 heteroatoms. The van der Waals surface area contributed by atoms with Crippen LogP contribution in [0.2, 0.25) is 10.0 Å². The van der Waals surface area contributed by atoms with Crippen molar-refractivity contribution in [2.75, 3.05) is 14.2 Å². The van der Waals surface area contributed by atoms with E-state index in [4.69, 9.17) is 32.7 Å². The Morgan fingerprint density at radius 1 is 0.917 bits per heavy atom. The third-order valence-electron chi connectivity index (χ3n) is 5.28. The van der Waals surface area contributed by atoms with E-state index >= 15 is 0 Å². The van der Waals surface area contributed by atoms with Crippen LogP contribution in [0.3, 0.4) is 0 Å². The molecule has 0 saturated carbocycles. The minimum atomic E-state index is -4.87. The molecule has 1 aliphatic heterocycles. The van der Waals surface area contributed by atoms with Crippen LogP contribution in [0.25, 0.3) is 0 Å². The van der Waals surface area contributed by atoms with Gasteiger partial charge in [-0.3, -0.25) is 0 Å². The summed E-state index contributed by atoms with van der Waals surface area (Å²) >= 11 is 18.8. The van der Waals surface area contributed by atoms with E-state index < -0.39 is 35.9 Å². The molecule has 1 N–H and O–H groups in total. The molecule has 2 aromatic rings. The first-order valence-corrected chi connectivity index (χ1v) is 15.2. The van der Waals surface area contributed by atoms with Gasteiger partial charge in [0.1, 0.15) is 9.79 Å². The Morgan fingerprint density at radius 3 is 1.89 bits per heavy atom. The van der Waals surface area contributed by atoms with Crippen LogP contribution in [-0.4, -0.2) is 47.0 Å². The predicted molar refractivity (Wildman–Crippen MR) is 144 cm³/mol. The number of benzene rings is 2.